The number of carbonyl (C=O) groups is 1. The van der Waals surface area contributed by atoms with E-state index in [9.17, 15) is 4.79 Å². The van der Waals surface area contributed by atoms with Gasteiger partial charge >= 0.3 is 6.09 Å². The molecule has 0 spiro atoms. The molecule has 1 saturated heterocycles. The smallest absolute Gasteiger partial charge is 0.408 e. The van der Waals surface area contributed by atoms with Crippen molar-refractivity contribution in [2.75, 3.05) is 6.54 Å². The second kappa shape index (κ2) is 8.34. The summed E-state index contributed by atoms with van der Waals surface area (Å²) in [4.78, 5) is 12.2. The highest BCUT2D eigenvalue weighted by Gasteiger charge is 2.32. The molecule has 2 unspecified atom stereocenters. The van der Waals surface area contributed by atoms with E-state index in [0.29, 0.717) is 6.04 Å². The highest BCUT2D eigenvalue weighted by Crippen LogP contribution is 2.21. The first-order chi connectivity index (χ1) is 10.6. The summed E-state index contributed by atoms with van der Waals surface area (Å²) in [5.41, 5.74) is -0.747. The number of rotatable bonds is 6. The molecule has 0 bridgehead atoms. The lowest BCUT2D eigenvalue weighted by atomic mass is 9.91. The third-order valence-electron chi connectivity index (χ3n) is 4.55. The van der Waals surface area contributed by atoms with Crippen LogP contribution in [-0.2, 0) is 9.47 Å². The fourth-order valence-electron chi connectivity index (χ4n) is 3.15. The van der Waals surface area contributed by atoms with Gasteiger partial charge in [0.2, 0.25) is 0 Å². The van der Waals surface area contributed by atoms with E-state index in [-0.39, 0.29) is 23.8 Å². The summed E-state index contributed by atoms with van der Waals surface area (Å²) in [7, 11) is 0. The third kappa shape index (κ3) is 7.08. The Balaban J connectivity index is 2.60. The summed E-state index contributed by atoms with van der Waals surface area (Å²) in [6.45, 7) is 14.9. The molecule has 1 aliphatic rings. The minimum Gasteiger partial charge on any atom is -0.444 e. The number of hydrogen-bond donors (Lipinski definition) is 2. The van der Waals surface area contributed by atoms with Gasteiger partial charge in [-0.15, -0.1) is 0 Å². The van der Waals surface area contributed by atoms with Crippen LogP contribution < -0.4 is 10.6 Å². The summed E-state index contributed by atoms with van der Waals surface area (Å²) < 4.78 is 11.2. The molecule has 5 heteroatoms. The standard InChI is InChI=1S/C18H36N2O3/c1-8-18(9-2,20-16(21)23-17(5,6)7)12-19-15-10-13(3)22-14(4)11-15/h13-15,19H,8-12H2,1-7H3,(H,20,21). The van der Waals surface area contributed by atoms with Gasteiger partial charge in [0.05, 0.1) is 17.7 Å². The Morgan fingerprint density at radius 2 is 1.65 bits per heavy atom. The van der Waals surface area contributed by atoms with Gasteiger partial charge in [-0.3, -0.25) is 0 Å². The topological polar surface area (TPSA) is 59.6 Å². The fourth-order valence-corrected chi connectivity index (χ4v) is 3.15. The van der Waals surface area contributed by atoms with Crippen LogP contribution >= 0.6 is 0 Å². The van der Waals surface area contributed by atoms with Crippen LogP contribution in [0.5, 0.6) is 0 Å². The monoisotopic (exact) mass is 328 g/mol. The summed E-state index contributed by atoms with van der Waals surface area (Å²) in [5.74, 6) is 0. The minimum atomic E-state index is -0.476. The van der Waals surface area contributed by atoms with Crippen molar-refractivity contribution in [2.24, 2.45) is 0 Å². The van der Waals surface area contributed by atoms with Crippen LogP contribution in [0, 0.1) is 0 Å². The molecule has 1 aliphatic heterocycles. The molecule has 0 aromatic heterocycles. The maximum Gasteiger partial charge on any atom is 0.408 e. The number of hydrogen-bond acceptors (Lipinski definition) is 4. The van der Waals surface area contributed by atoms with Crippen LogP contribution in [0.2, 0.25) is 0 Å². The SMILES string of the molecule is CCC(CC)(CNC1CC(C)OC(C)C1)NC(=O)OC(C)(C)C. The maximum absolute atomic E-state index is 12.2. The van der Waals surface area contributed by atoms with E-state index in [1.165, 1.54) is 0 Å². The van der Waals surface area contributed by atoms with Crippen LogP contribution in [0.15, 0.2) is 0 Å². The normalized spacial score (nSPS) is 26.0. The number of carbonyl (C=O) groups excluding carboxylic acids is 1. The molecule has 0 aromatic rings. The van der Waals surface area contributed by atoms with Gasteiger partial charge in [-0.05, 0) is 60.3 Å². The maximum atomic E-state index is 12.2. The molecule has 2 atom stereocenters. The molecule has 1 heterocycles. The van der Waals surface area contributed by atoms with Gasteiger partial charge in [-0.1, -0.05) is 13.8 Å². The lowest BCUT2D eigenvalue weighted by Crippen LogP contribution is -2.57. The van der Waals surface area contributed by atoms with E-state index in [0.717, 1.165) is 32.2 Å². The zero-order chi connectivity index (χ0) is 17.7. The Labute approximate surface area is 141 Å². The summed E-state index contributed by atoms with van der Waals surface area (Å²) in [6, 6.07) is 0.437. The number of amides is 1. The van der Waals surface area contributed by atoms with Crippen LogP contribution in [0.25, 0.3) is 0 Å². The van der Waals surface area contributed by atoms with Crippen LogP contribution in [0.1, 0.15) is 74.1 Å². The second-order valence-corrected chi connectivity index (χ2v) is 7.92. The van der Waals surface area contributed by atoms with Gasteiger partial charge in [-0.2, -0.15) is 0 Å². The van der Waals surface area contributed by atoms with Crippen LogP contribution in [0.4, 0.5) is 4.79 Å². The lowest BCUT2D eigenvalue weighted by Gasteiger charge is -2.38. The highest BCUT2D eigenvalue weighted by molar-refractivity contribution is 5.68. The van der Waals surface area contributed by atoms with E-state index in [1.54, 1.807) is 0 Å². The first kappa shape index (κ1) is 20.2. The Morgan fingerprint density at radius 3 is 2.09 bits per heavy atom. The number of nitrogens with one attached hydrogen (secondary N) is 2. The quantitative estimate of drug-likeness (QED) is 0.782. The average Bonchev–Trinajstić information content (AvgIpc) is 2.40. The predicted molar refractivity (Wildman–Crippen MR) is 93.7 cm³/mol. The van der Waals surface area contributed by atoms with E-state index < -0.39 is 5.60 Å². The zero-order valence-electron chi connectivity index (χ0n) is 16.0. The van der Waals surface area contributed by atoms with Crippen molar-refractivity contribution in [3.05, 3.63) is 0 Å². The number of ether oxygens (including phenoxy) is 2. The van der Waals surface area contributed by atoms with Gasteiger partial charge in [0.25, 0.3) is 0 Å². The Morgan fingerprint density at radius 1 is 1.13 bits per heavy atom. The van der Waals surface area contributed by atoms with Gasteiger partial charge in [-0.25, -0.2) is 4.79 Å². The molecule has 2 N–H and O–H groups in total. The molecule has 5 nitrogen and oxygen atoms in total. The largest absolute Gasteiger partial charge is 0.444 e. The molecule has 1 amide bonds. The molecule has 0 aromatic carbocycles. The minimum absolute atomic E-state index is 0.271. The van der Waals surface area contributed by atoms with Gasteiger partial charge in [0.1, 0.15) is 5.60 Å². The van der Waals surface area contributed by atoms with Crippen molar-refractivity contribution < 1.29 is 14.3 Å². The summed E-state index contributed by atoms with van der Waals surface area (Å²) >= 11 is 0. The van der Waals surface area contributed by atoms with Crippen molar-refractivity contribution in [2.45, 2.75) is 104 Å². The van der Waals surface area contributed by atoms with Crippen molar-refractivity contribution in [1.82, 2.24) is 10.6 Å². The average molecular weight is 328 g/mol. The van der Waals surface area contributed by atoms with Crippen molar-refractivity contribution in [1.29, 1.82) is 0 Å². The predicted octanol–water partition coefficient (Wildman–Crippen LogP) is 3.62. The molecular formula is C18H36N2O3. The molecular weight excluding hydrogens is 292 g/mol. The highest BCUT2D eigenvalue weighted by atomic mass is 16.6. The Hall–Kier alpha value is -0.810. The molecule has 1 fully saturated rings. The van der Waals surface area contributed by atoms with E-state index >= 15 is 0 Å². The van der Waals surface area contributed by atoms with Gasteiger partial charge in [0.15, 0.2) is 0 Å². The molecule has 1 rings (SSSR count). The lowest BCUT2D eigenvalue weighted by molar-refractivity contribution is -0.0430. The second-order valence-electron chi connectivity index (χ2n) is 7.92. The van der Waals surface area contributed by atoms with Gasteiger partial charge in [0, 0.05) is 12.6 Å². The summed E-state index contributed by atoms with van der Waals surface area (Å²) in [5, 5.41) is 6.74. The van der Waals surface area contributed by atoms with Crippen LogP contribution in [0.3, 0.4) is 0 Å². The van der Waals surface area contributed by atoms with Crippen molar-refractivity contribution in [3.8, 4) is 0 Å². The van der Waals surface area contributed by atoms with E-state index in [2.05, 4.69) is 38.3 Å². The third-order valence-corrected chi connectivity index (χ3v) is 4.55. The van der Waals surface area contributed by atoms with Crippen molar-refractivity contribution >= 4 is 6.09 Å². The van der Waals surface area contributed by atoms with Crippen molar-refractivity contribution in [3.63, 3.8) is 0 Å². The fraction of sp³-hybridized carbons (Fsp3) is 0.944. The molecule has 0 saturated carbocycles. The zero-order valence-corrected chi connectivity index (χ0v) is 16.0. The van der Waals surface area contributed by atoms with Crippen LogP contribution in [-0.4, -0.2) is 42.0 Å². The number of alkyl carbamates (subject to hydrolysis) is 1. The molecule has 0 aliphatic carbocycles. The molecule has 23 heavy (non-hydrogen) atoms. The van der Waals surface area contributed by atoms with Gasteiger partial charge < -0.3 is 20.1 Å². The Bertz CT molecular complexity index is 365. The Kier molecular flexibility index (Phi) is 7.33. The first-order valence-electron chi connectivity index (χ1n) is 8.99. The molecule has 0 radical (unpaired) electrons. The first-order valence-corrected chi connectivity index (χ1v) is 8.99. The van der Waals surface area contributed by atoms with E-state index in [1.807, 2.05) is 20.8 Å². The van der Waals surface area contributed by atoms with E-state index in [4.69, 9.17) is 9.47 Å². The molecule has 136 valence electrons. The summed E-state index contributed by atoms with van der Waals surface area (Å²) in [6.07, 6.45) is 3.99.